The summed E-state index contributed by atoms with van der Waals surface area (Å²) in [6, 6.07) is 14.4. The number of hydrogen-bond acceptors (Lipinski definition) is 4. The summed E-state index contributed by atoms with van der Waals surface area (Å²) in [5, 5.41) is 8.67. The fourth-order valence-electron chi connectivity index (χ4n) is 2.20. The average molecular weight is 341 g/mol. The van der Waals surface area contributed by atoms with Gasteiger partial charge in [-0.05, 0) is 36.8 Å². The number of methoxy groups -OCH3 is 1. The van der Waals surface area contributed by atoms with Gasteiger partial charge in [0.25, 0.3) is 5.91 Å². The highest BCUT2D eigenvalue weighted by Gasteiger charge is 2.09. The van der Waals surface area contributed by atoms with E-state index in [1.807, 2.05) is 37.3 Å². The van der Waals surface area contributed by atoms with Crippen LogP contribution in [-0.2, 0) is 9.53 Å². The van der Waals surface area contributed by atoms with Crippen molar-refractivity contribution in [3.05, 3.63) is 59.7 Å². The van der Waals surface area contributed by atoms with Crippen LogP contribution in [0.1, 0.15) is 15.9 Å². The SMILES string of the molecule is COCCNCC(=O)Nc1cc(NC(=O)c2ccccc2)ccc1C. The van der Waals surface area contributed by atoms with Crippen LogP contribution in [0.4, 0.5) is 11.4 Å². The van der Waals surface area contributed by atoms with E-state index in [4.69, 9.17) is 4.74 Å². The first kappa shape index (κ1) is 18.6. The molecular formula is C19H23N3O3. The third-order valence-electron chi connectivity index (χ3n) is 3.57. The van der Waals surface area contributed by atoms with Crippen LogP contribution in [0.15, 0.2) is 48.5 Å². The Hall–Kier alpha value is -2.70. The van der Waals surface area contributed by atoms with E-state index in [1.54, 1.807) is 25.3 Å². The highest BCUT2D eigenvalue weighted by Crippen LogP contribution is 2.20. The second kappa shape index (κ2) is 9.56. The number of carbonyl (C=O) groups excluding carboxylic acids is 2. The quantitative estimate of drug-likeness (QED) is 0.644. The highest BCUT2D eigenvalue weighted by molar-refractivity contribution is 6.04. The molecule has 0 spiro atoms. The minimum Gasteiger partial charge on any atom is -0.383 e. The number of aryl methyl sites for hydroxylation is 1. The second-order valence-electron chi connectivity index (χ2n) is 5.57. The van der Waals surface area contributed by atoms with Crippen molar-refractivity contribution in [1.29, 1.82) is 0 Å². The van der Waals surface area contributed by atoms with E-state index in [0.717, 1.165) is 5.56 Å². The van der Waals surface area contributed by atoms with Gasteiger partial charge >= 0.3 is 0 Å². The number of ether oxygens (including phenoxy) is 1. The minimum absolute atomic E-state index is 0.147. The molecule has 6 heteroatoms. The van der Waals surface area contributed by atoms with Crippen molar-refractivity contribution >= 4 is 23.2 Å². The lowest BCUT2D eigenvalue weighted by Crippen LogP contribution is -2.30. The van der Waals surface area contributed by atoms with E-state index < -0.39 is 0 Å². The van der Waals surface area contributed by atoms with E-state index in [9.17, 15) is 9.59 Å². The molecule has 0 unspecified atom stereocenters. The van der Waals surface area contributed by atoms with Gasteiger partial charge in [-0.3, -0.25) is 9.59 Å². The first-order valence-electron chi connectivity index (χ1n) is 8.06. The Morgan fingerprint density at radius 2 is 1.80 bits per heavy atom. The van der Waals surface area contributed by atoms with E-state index >= 15 is 0 Å². The standard InChI is InChI=1S/C19H23N3O3/c1-14-8-9-16(21-19(24)15-6-4-3-5-7-15)12-17(14)22-18(23)13-20-10-11-25-2/h3-9,12,20H,10-11,13H2,1-2H3,(H,21,24)(H,22,23). The van der Waals surface area contributed by atoms with Crippen LogP contribution in [0.2, 0.25) is 0 Å². The van der Waals surface area contributed by atoms with Gasteiger partial charge in [0, 0.05) is 30.6 Å². The van der Waals surface area contributed by atoms with Gasteiger partial charge in [-0.1, -0.05) is 24.3 Å². The third-order valence-corrected chi connectivity index (χ3v) is 3.57. The molecule has 0 saturated heterocycles. The van der Waals surface area contributed by atoms with Gasteiger partial charge in [0.1, 0.15) is 0 Å². The average Bonchev–Trinajstić information content (AvgIpc) is 2.62. The lowest BCUT2D eigenvalue weighted by atomic mass is 10.1. The summed E-state index contributed by atoms with van der Waals surface area (Å²) in [5.41, 5.74) is 2.80. The number of benzene rings is 2. The Balaban J connectivity index is 1.97. The van der Waals surface area contributed by atoms with E-state index in [1.165, 1.54) is 0 Å². The van der Waals surface area contributed by atoms with Crippen LogP contribution in [0, 0.1) is 6.92 Å². The van der Waals surface area contributed by atoms with Gasteiger partial charge in [-0.2, -0.15) is 0 Å². The first-order valence-corrected chi connectivity index (χ1v) is 8.06. The van der Waals surface area contributed by atoms with E-state index in [2.05, 4.69) is 16.0 Å². The summed E-state index contributed by atoms with van der Waals surface area (Å²) in [4.78, 5) is 24.2. The molecule has 2 amide bonds. The number of rotatable bonds is 8. The van der Waals surface area contributed by atoms with Crippen molar-refractivity contribution in [1.82, 2.24) is 5.32 Å². The summed E-state index contributed by atoms with van der Waals surface area (Å²) in [7, 11) is 1.61. The summed E-state index contributed by atoms with van der Waals surface area (Å²) in [5.74, 6) is -0.339. The van der Waals surface area contributed by atoms with Crippen LogP contribution in [0.25, 0.3) is 0 Å². The lowest BCUT2D eigenvalue weighted by Gasteiger charge is -2.12. The molecular weight excluding hydrogens is 318 g/mol. The predicted molar refractivity (Wildman–Crippen MR) is 98.9 cm³/mol. The number of hydrogen-bond donors (Lipinski definition) is 3. The maximum Gasteiger partial charge on any atom is 0.255 e. The molecule has 0 radical (unpaired) electrons. The molecule has 2 rings (SSSR count). The smallest absolute Gasteiger partial charge is 0.255 e. The van der Waals surface area contributed by atoms with Crippen LogP contribution < -0.4 is 16.0 Å². The van der Waals surface area contributed by atoms with Gasteiger partial charge in [0.05, 0.1) is 13.2 Å². The number of anilines is 2. The summed E-state index contributed by atoms with van der Waals surface area (Å²) < 4.78 is 4.92. The topological polar surface area (TPSA) is 79.5 Å². The summed E-state index contributed by atoms with van der Waals surface area (Å²) in [6.45, 7) is 3.25. The van der Waals surface area contributed by atoms with Crippen molar-refractivity contribution < 1.29 is 14.3 Å². The largest absolute Gasteiger partial charge is 0.383 e. The summed E-state index contributed by atoms with van der Waals surface area (Å²) in [6.07, 6.45) is 0. The fourth-order valence-corrected chi connectivity index (χ4v) is 2.20. The Morgan fingerprint density at radius 3 is 2.52 bits per heavy atom. The van der Waals surface area contributed by atoms with Gasteiger partial charge in [-0.15, -0.1) is 0 Å². The Morgan fingerprint density at radius 1 is 1.04 bits per heavy atom. The van der Waals surface area contributed by atoms with E-state index in [0.29, 0.717) is 30.1 Å². The predicted octanol–water partition coefficient (Wildman–Crippen LogP) is 2.42. The molecule has 0 saturated carbocycles. The molecule has 3 N–H and O–H groups in total. The Bertz CT molecular complexity index is 717. The summed E-state index contributed by atoms with van der Waals surface area (Å²) >= 11 is 0. The molecule has 2 aromatic rings. The second-order valence-corrected chi connectivity index (χ2v) is 5.57. The molecule has 6 nitrogen and oxygen atoms in total. The van der Waals surface area contributed by atoms with Gasteiger partial charge in [0.15, 0.2) is 0 Å². The zero-order valence-electron chi connectivity index (χ0n) is 14.5. The molecule has 25 heavy (non-hydrogen) atoms. The molecule has 0 atom stereocenters. The molecule has 132 valence electrons. The molecule has 0 aliphatic carbocycles. The number of carbonyl (C=O) groups is 2. The van der Waals surface area contributed by atoms with Crippen molar-refractivity contribution in [2.45, 2.75) is 6.92 Å². The zero-order valence-corrected chi connectivity index (χ0v) is 14.5. The molecule has 2 aromatic carbocycles. The maximum absolute atomic E-state index is 12.2. The van der Waals surface area contributed by atoms with Crippen LogP contribution >= 0.6 is 0 Å². The van der Waals surface area contributed by atoms with Crippen LogP contribution in [0.3, 0.4) is 0 Å². The normalized spacial score (nSPS) is 10.3. The monoisotopic (exact) mass is 341 g/mol. The van der Waals surface area contributed by atoms with Crippen molar-refractivity contribution in [3.8, 4) is 0 Å². The maximum atomic E-state index is 12.2. The fraction of sp³-hybridized carbons (Fsp3) is 0.263. The first-order chi connectivity index (χ1) is 12.1. The number of amides is 2. The lowest BCUT2D eigenvalue weighted by molar-refractivity contribution is -0.115. The van der Waals surface area contributed by atoms with Crippen molar-refractivity contribution in [2.24, 2.45) is 0 Å². The minimum atomic E-state index is -0.192. The van der Waals surface area contributed by atoms with Gasteiger partial charge < -0.3 is 20.7 Å². The van der Waals surface area contributed by atoms with Crippen molar-refractivity contribution in [2.75, 3.05) is 37.4 Å². The zero-order chi connectivity index (χ0) is 18.1. The number of nitrogens with one attached hydrogen (secondary N) is 3. The molecule has 0 fully saturated rings. The Kier molecular flexibility index (Phi) is 7.13. The van der Waals surface area contributed by atoms with Crippen LogP contribution in [0.5, 0.6) is 0 Å². The Labute approximate surface area is 147 Å². The molecule has 0 aliphatic rings. The molecule has 0 aromatic heterocycles. The highest BCUT2D eigenvalue weighted by atomic mass is 16.5. The molecule has 0 heterocycles. The molecule has 0 bridgehead atoms. The molecule has 0 aliphatic heterocycles. The van der Waals surface area contributed by atoms with Gasteiger partial charge in [0.2, 0.25) is 5.91 Å². The third kappa shape index (κ3) is 6.02. The van der Waals surface area contributed by atoms with E-state index in [-0.39, 0.29) is 18.4 Å². The van der Waals surface area contributed by atoms with Crippen molar-refractivity contribution in [3.63, 3.8) is 0 Å². The van der Waals surface area contributed by atoms with Gasteiger partial charge in [-0.25, -0.2) is 0 Å². The van der Waals surface area contributed by atoms with Crippen LogP contribution in [-0.4, -0.2) is 38.6 Å².